The van der Waals surface area contributed by atoms with Gasteiger partial charge in [0.1, 0.15) is 18.4 Å². The van der Waals surface area contributed by atoms with Crippen LogP contribution in [0.5, 0.6) is 0 Å². The Labute approximate surface area is 218 Å². The SMILES string of the molecule is CC(NC(=O)[C@@H](CO)NCCCc1ccccc1)C(=O)NC(C=O)CCCN=C(N)N.O=C(O)C(F)(F)F. The predicted molar refractivity (Wildman–Crippen MR) is 133 cm³/mol. The standard InChI is InChI=1S/C21H34N6O4.C2HF3O2/c1-15(19(30)27-17(13-28)10-6-12-25-21(22)23)26-20(31)18(14-29)24-11-5-9-16-7-3-2-4-8-16;3-2(4,5)1(6)7/h2-4,7-8,13,15,17-18,24,29H,5-6,9-12,14H2,1H3,(H,26,31)(H,27,30)(H4,22,23,25);(H,6,7)/t15?,17?,18-;/m1./s1. The van der Waals surface area contributed by atoms with Crippen molar-refractivity contribution < 1.29 is 42.6 Å². The van der Waals surface area contributed by atoms with Crippen molar-refractivity contribution in [3.05, 3.63) is 35.9 Å². The van der Waals surface area contributed by atoms with E-state index >= 15 is 0 Å². The van der Waals surface area contributed by atoms with Gasteiger partial charge in [-0.2, -0.15) is 13.2 Å². The second-order valence-corrected chi connectivity index (χ2v) is 8.01. The van der Waals surface area contributed by atoms with E-state index in [1.807, 2.05) is 30.3 Å². The number of guanidine groups is 1. The van der Waals surface area contributed by atoms with Gasteiger partial charge in [0.25, 0.3) is 0 Å². The van der Waals surface area contributed by atoms with Crippen molar-refractivity contribution in [1.29, 1.82) is 0 Å². The number of aliphatic hydroxyl groups is 1. The molecule has 38 heavy (non-hydrogen) atoms. The molecule has 1 aromatic carbocycles. The van der Waals surface area contributed by atoms with E-state index in [-0.39, 0.29) is 5.96 Å². The number of hydrogen-bond acceptors (Lipinski definition) is 7. The van der Waals surface area contributed by atoms with Gasteiger partial charge in [0.2, 0.25) is 11.8 Å². The van der Waals surface area contributed by atoms with Gasteiger partial charge in [-0.3, -0.25) is 14.6 Å². The van der Waals surface area contributed by atoms with E-state index < -0.39 is 48.7 Å². The lowest BCUT2D eigenvalue weighted by Gasteiger charge is -2.21. The smallest absolute Gasteiger partial charge is 0.475 e. The van der Waals surface area contributed by atoms with Gasteiger partial charge in [-0.1, -0.05) is 30.3 Å². The Morgan fingerprint density at radius 1 is 1.08 bits per heavy atom. The van der Waals surface area contributed by atoms with Crippen LogP contribution < -0.4 is 27.4 Å². The molecule has 214 valence electrons. The molecule has 0 aliphatic heterocycles. The maximum Gasteiger partial charge on any atom is 0.490 e. The lowest BCUT2D eigenvalue weighted by molar-refractivity contribution is -0.192. The van der Waals surface area contributed by atoms with E-state index in [2.05, 4.69) is 20.9 Å². The number of aliphatic hydroxyl groups excluding tert-OH is 1. The zero-order valence-corrected chi connectivity index (χ0v) is 20.9. The number of alkyl halides is 3. The number of carboxylic acid groups (broad SMARTS) is 1. The Balaban J connectivity index is 0.00000171. The summed E-state index contributed by atoms with van der Waals surface area (Å²) in [5, 5.41) is 24.8. The van der Waals surface area contributed by atoms with E-state index in [0.717, 1.165) is 12.8 Å². The van der Waals surface area contributed by atoms with Gasteiger partial charge in [0.15, 0.2) is 5.96 Å². The second kappa shape index (κ2) is 18.5. The molecular weight excluding hydrogens is 513 g/mol. The molecule has 0 fully saturated rings. The summed E-state index contributed by atoms with van der Waals surface area (Å²) in [5.41, 5.74) is 11.7. The van der Waals surface area contributed by atoms with Crippen LogP contribution in [-0.4, -0.2) is 84.2 Å². The fourth-order valence-electron chi connectivity index (χ4n) is 2.83. The van der Waals surface area contributed by atoms with Crippen molar-refractivity contribution in [1.82, 2.24) is 16.0 Å². The summed E-state index contributed by atoms with van der Waals surface area (Å²) >= 11 is 0. The lowest BCUT2D eigenvalue weighted by atomic mass is 10.1. The van der Waals surface area contributed by atoms with Gasteiger partial charge < -0.3 is 42.4 Å². The number of aliphatic imine (C=N–C) groups is 1. The molecular formula is C23H35F3N6O6. The number of carboxylic acids is 1. The number of benzene rings is 1. The summed E-state index contributed by atoms with van der Waals surface area (Å²) in [7, 11) is 0. The molecule has 0 bridgehead atoms. The van der Waals surface area contributed by atoms with Crippen LogP contribution in [0.15, 0.2) is 35.3 Å². The maximum absolute atomic E-state index is 12.4. The van der Waals surface area contributed by atoms with Crippen LogP contribution in [0.3, 0.4) is 0 Å². The first-order valence-corrected chi connectivity index (χ1v) is 11.6. The third kappa shape index (κ3) is 16.1. The molecule has 0 radical (unpaired) electrons. The third-order valence-electron chi connectivity index (χ3n) is 4.83. The molecule has 0 spiro atoms. The van der Waals surface area contributed by atoms with Gasteiger partial charge in [0, 0.05) is 6.54 Å². The Morgan fingerprint density at radius 3 is 2.18 bits per heavy atom. The Hall–Kier alpha value is -3.72. The summed E-state index contributed by atoms with van der Waals surface area (Å²) in [5.74, 6) is -3.77. The van der Waals surface area contributed by atoms with Gasteiger partial charge in [-0.15, -0.1) is 0 Å². The fourth-order valence-corrected chi connectivity index (χ4v) is 2.83. The largest absolute Gasteiger partial charge is 0.490 e. The summed E-state index contributed by atoms with van der Waals surface area (Å²) in [6, 6.07) is 7.56. The Morgan fingerprint density at radius 2 is 1.68 bits per heavy atom. The molecule has 2 amide bonds. The minimum Gasteiger partial charge on any atom is -0.475 e. The van der Waals surface area contributed by atoms with Crippen LogP contribution in [0.4, 0.5) is 13.2 Å². The Bertz CT molecular complexity index is 897. The maximum atomic E-state index is 12.4. The van der Waals surface area contributed by atoms with Crippen molar-refractivity contribution in [3.8, 4) is 0 Å². The molecule has 0 aliphatic rings. The van der Waals surface area contributed by atoms with Crippen molar-refractivity contribution in [2.45, 2.75) is 56.9 Å². The lowest BCUT2D eigenvalue weighted by Crippen LogP contribution is -2.54. The second-order valence-electron chi connectivity index (χ2n) is 8.01. The van der Waals surface area contributed by atoms with Crippen LogP contribution in [0.2, 0.25) is 0 Å². The monoisotopic (exact) mass is 548 g/mol. The highest BCUT2D eigenvalue weighted by Crippen LogP contribution is 2.13. The minimum atomic E-state index is -5.08. The molecule has 3 atom stereocenters. The fraction of sp³-hybridized carbons (Fsp3) is 0.522. The first kappa shape index (κ1) is 34.3. The molecule has 12 nitrogen and oxygen atoms in total. The highest BCUT2D eigenvalue weighted by atomic mass is 19.4. The number of carbonyl (C=O) groups excluding carboxylic acids is 3. The summed E-state index contributed by atoms with van der Waals surface area (Å²) in [6.07, 6.45) is -1.92. The van der Waals surface area contributed by atoms with E-state index in [4.69, 9.17) is 21.4 Å². The van der Waals surface area contributed by atoms with Gasteiger partial charge >= 0.3 is 12.1 Å². The molecule has 0 saturated heterocycles. The number of aldehydes is 1. The zero-order chi connectivity index (χ0) is 29.1. The highest BCUT2D eigenvalue weighted by molar-refractivity contribution is 5.90. The number of aryl methyl sites for hydroxylation is 1. The summed E-state index contributed by atoms with van der Waals surface area (Å²) < 4.78 is 31.7. The number of aliphatic carboxylic acids is 1. The van der Waals surface area contributed by atoms with Crippen LogP contribution in [0, 0.1) is 0 Å². The normalized spacial score (nSPS) is 13.1. The number of carbonyl (C=O) groups is 4. The van der Waals surface area contributed by atoms with Gasteiger partial charge in [0.05, 0.1) is 12.6 Å². The van der Waals surface area contributed by atoms with E-state index in [1.54, 1.807) is 0 Å². The first-order chi connectivity index (χ1) is 17.8. The minimum absolute atomic E-state index is 0.0323. The molecule has 0 saturated carbocycles. The molecule has 9 N–H and O–H groups in total. The van der Waals surface area contributed by atoms with Crippen LogP contribution in [0.1, 0.15) is 31.7 Å². The van der Waals surface area contributed by atoms with E-state index in [1.165, 1.54) is 12.5 Å². The molecule has 15 heteroatoms. The average molecular weight is 549 g/mol. The predicted octanol–water partition coefficient (Wildman–Crippen LogP) is -0.555. The molecule has 0 aliphatic carbocycles. The molecule has 0 heterocycles. The van der Waals surface area contributed by atoms with Crippen LogP contribution in [0.25, 0.3) is 0 Å². The summed E-state index contributed by atoms with van der Waals surface area (Å²) in [4.78, 5) is 48.5. The van der Waals surface area contributed by atoms with Gasteiger partial charge in [-0.05, 0) is 44.7 Å². The number of halogens is 3. The van der Waals surface area contributed by atoms with Crippen molar-refractivity contribution in [2.75, 3.05) is 19.7 Å². The van der Waals surface area contributed by atoms with Crippen molar-refractivity contribution in [2.24, 2.45) is 16.5 Å². The first-order valence-electron chi connectivity index (χ1n) is 11.6. The average Bonchev–Trinajstić information content (AvgIpc) is 2.85. The number of nitrogens with one attached hydrogen (secondary N) is 3. The number of nitrogens with zero attached hydrogens (tertiary/aromatic N) is 1. The van der Waals surface area contributed by atoms with Crippen LogP contribution >= 0.6 is 0 Å². The zero-order valence-electron chi connectivity index (χ0n) is 20.9. The molecule has 0 aromatic heterocycles. The number of rotatable bonds is 15. The van der Waals surface area contributed by atoms with Gasteiger partial charge in [-0.25, -0.2) is 4.79 Å². The highest BCUT2D eigenvalue weighted by Gasteiger charge is 2.38. The molecule has 1 aromatic rings. The van der Waals surface area contributed by atoms with E-state index in [9.17, 15) is 32.7 Å². The van der Waals surface area contributed by atoms with Crippen LogP contribution in [-0.2, 0) is 25.6 Å². The Kier molecular flexibility index (Phi) is 16.7. The molecule has 2 unspecified atom stereocenters. The number of amides is 2. The molecule has 1 rings (SSSR count). The number of hydrogen-bond donors (Lipinski definition) is 7. The van der Waals surface area contributed by atoms with E-state index in [0.29, 0.717) is 32.2 Å². The third-order valence-corrected chi connectivity index (χ3v) is 4.83. The quantitative estimate of drug-likeness (QED) is 0.0648. The number of nitrogens with two attached hydrogens (primary N) is 2. The van der Waals surface area contributed by atoms with Crippen molar-refractivity contribution >= 4 is 30.0 Å². The van der Waals surface area contributed by atoms with Crippen molar-refractivity contribution in [3.63, 3.8) is 0 Å². The summed E-state index contributed by atoms with van der Waals surface area (Å²) in [6.45, 7) is 2.01. The topological polar surface area (TPSA) is 209 Å².